The van der Waals surface area contributed by atoms with E-state index in [1.165, 1.54) is 12.8 Å². The third-order valence-corrected chi connectivity index (χ3v) is 4.88. The number of hydrogen-bond acceptors (Lipinski definition) is 3. The normalized spacial score (nSPS) is 26.6. The van der Waals surface area contributed by atoms with Crippen molar-refractivity contribution in [2.24, 2.45) is 11.3 Å². The van der Waals surface area contributed by atoms with Crippen LogP contribution in [0.3, 0.4) is 0 Å². The van der Waals surface area contributed by atoms with Crippen molar-refractivity contribution in [2.75, 3.05) is 19.8 Å². The van der Waals surface area contributed by atoms with Gasteiger partial charge in [-0.05, 0) is 37.0 Å². The number of ether oxygens (including phenoxy) is 1. The Balaban J connectivity index is 1.87. The van der Waals surface area contributed by atoms with Crippen molar-refractivity contribution < 1.29 is 19.4 Å². The van der Waals surface area contributed by atoms with Gasteiger partial charge in [0, 0.05) is 13.0 Å². The smallest absolute Gasteiger partial charge is 0.305 e. The van der Waals surface area contributed by atoms with Crippen molar-refractivity contribution in [1.29, 1.82) is 0 Å². The molecule has 1 aliphatic heterocycles. The van der Waals surface area contributed by atoms with Gasteiger partial charge in [-0.15, -0.1) is 0 Å². The number of carboxylic acid groups (broad SMARTS) is 1. The molecule has 0 radical (unpaired) electrons. The predicted octanol–water partition coefficient (Wildman–Crippen LogP) is 2.29. The number of morpholine rings is 1. The zero-order valence-electron chi connectivity index (χ0n) is 13.1. The van der Waals surface area contributed by atoms with Crippen LogP contribution in [0.4, 0.5) is 0 Å². The Morgan fingerprint density at radius 1 is 1.24 bits per heavy atom. The Labute approximate surface area is 126 Å². The number of carbonyl (C=O) groups is 2. The summed E-state index contributed by atoms with van der Waals surface area (Å²) in [5, 5.41) is 8.95. The molecule has 2 aliphatic rings. The van der Waals surface area contributed by atoms with Crippen LogP contribution in [0, 0.1) is 11.3 Å². The van der Waals surface area contributed by atoms with E-state index in [4.69, 9.17) is 9.84 Å². The monoisotopic (exact) mass is 297 g/mol. The number of amides is 1. The van der Waals surface area contributed by atoms with E-state index >= 15 is 0 Å². The average Bonchev–Trinajstić information content (AvgIpc) is 2.41. The maximum atomic E-state index is 12.5. The molecular weight excluding hydrogens is 270 g/mol. The highest BCUT2D eigenvalue weighted by molar-refractivity contribution is 5.78. The van der Waals surface area contributed by atoms with E-state index in [9.17, 15) is 9.59 Å². The molecule has 21 heavy (non-hydrogen) atoms. The molecule has 2 fully saturated rings. The maximum Gasteiger partial charge on any atom is 0.305 e. The molecule has 5 nitrogen and oxygen atoms in total. The van der Waals surface area contributed by atoms with Gasteiger partial charge in [-0.3, -0.25) is 9.59 Å². The van der Waals surface area contributed by atoms with Crippen molar-refractivity contribution in [3.05, 3.63) is 0 Å². The fourth-order valence-electron chi connectivity index (χ4n) is 3.38. The third-order valence-electron chi connectivity index (χ3n) is 4.88. The lowest BCUT2D eigenvalue weighted by Crippen LogP contribution is -2.50. The molecule has 1 atom stereocenters. The molecule has 0 bridgehead atoms. The Bertz CT molecular complexity index is 384. The summed E-state index contributed by atoms with van der Waals surface area (Å²) in [5.74, 6) is -0.309. The van der Waals surface area contributed by atoms with E-state index in [0.717, 1.165) is 12.8 Å². The molecule has 5 heteroatoms. The number of carboxylic acids is 1. The summed E-state index contributed by atoms with van der Waals surface area (Å²) in [6, 6.07) is -0.302. The summed E-state index contributed by atoms with van der Waals surface area (Å²) in [6.45, 7) is 5.95. The van der Waals surface area contributed by atoms with Crippen molar-refractivity contribution in [3.63, 3.8) is 0 Å². The zero-order chi connectivity index (χ0) is 15.5. The number of rotatable bonds is 4. The van der Waals surface area contributed by atoms with E-state index in [0.29, 0.717) is 37.5 Å². The second kappa shape index (κ2) is 6.77. The first-order chi connectivity index (χ1) is 9.87. The van der Waals surface area contributed by atoms with Gasteiger partial charge in [0.15, 0.2) is 0 Å². The van der Waals surface area contributed by atoms with Crippen LogP contribution < -0.4 is 0 Å². The topological polar surface area (TPSA) is 66.8 Å². The van der Waals surface area contributed by atoms with Crippen LogP contribution in [0.5, 0.6) is 0 Å². The van der Waals surface area contributed by atoms with E-state index in [1.807, 2.05) is 0 Å². The van der Waals surface area contributed by atoms with Crippen molar-refractivity contribution >= 4 is 11.9 Å². The van der Waals surface area contributed by atoms with E-state index in [2.05, 4.69) is 13.8 Å². The number of nitrogens with zero attached hydrogens (tertiary/aromatic N) is 1. The zero-order valence-corrected chi connectivity index (χ0v) is 13.1. The Morgan fingerprint density at radius 3 is 2.52 bits per heavy atom. The second-order valence-corrected chi connectivity index (χ2v) is 7.23. The lowest BCUT2D eigenvalue weighted by Gasteiger charge is -2.38. The highest BCUT2D eigenvalue weighted by Gasteiger charge is 2.32. The maximum absolute atomic E-state index is 12.5. The van der Waals surface area contributed by atoms with Gasteiger partial charge in [-0.25, -0.2) is 0 Å². The minimum atomic E-state index is -0.872. The van der Waals surface area contributed by atoms with Gasteiger partial charge in [-0.2, -0.15) is 0 Å². The molecule has 1 aliphatic carbocycles. The molecule has 0 aromatic heterocycles. The first kappa shape index (κ1) is 16.3. The molecule has 2 rings (SSSR count). The lowest BCUT2D eigenvalue weighted by molar-refractivity contribution is -0.147. The number of carbonyl (C=O) groups excluding carboxylic acids is 1. The van der Waals surface area contributed by atoms with Crippen LogP contribution in [0.25, 0.3) is 0 Å². The van der Waals surface area contributed by atoms with Crippen molar-refractivity contribution in [1.82, 2.24) is 4.90 Å². The van der Waals surface area contributed by atoms with E-state index in [1.54, 1.807) is 4.90 Å². The number of aliphatic carboxylic acids is 1. The molecule has 1 amide bonds. The second-order valence-electron chi connectivity index (χ2n) is 7.23. The predicted molar refractivity (Wildman–Crippen MR) is 78.9 cm³/mol. The van der Waals surface area contributed by atoms with Gasteiger partial charge in [0.05, 0.1) is 25.7 Å². The van der Waals surface area contributed by atoms with Crippen LogP contribution in [-0.4, -0.2) is 47.7 Å². The highest BCUT2D eigenvalue weighted by Crippen LogP contribution is 2.39. The van der Waals surface area contributed by atoms with Gasteiger partial charge in [0.1, 0.15) is 0 Å². The number of hydrogen-bond donors (Lipinski definition) is 1. The van der Waals surface area contributed by atoms with Crippen LogP contribution in [0.2, 0.25) is 0 Å². The molecule has 1 unspecified atom stereocenters. The van der Waals surface area contributed by atoms with Gasteiger partial charge in [-0.1, -0.05) is 13.8 Å². The van der Waals surface area contributed by atoms with Gasteiger partial charge in [0.2, 0.25) is 5.91 Å². The fourth-order valence-corrected chi connectivity index (χ4v) is 3.38. The summed E-state index contributed by atoms with van der Waals surface area (Å²) < 4.78 is 5.32. The third kappa shape index (κ3) is 4.70. The van der Waals surface area contributed by atoms with E-state index < -0.39 is 5.97 Å². The summed E-state index contributed by atoms with van der Waals surface area (Å²) >= 11 is 0. The Hall–Kier alpha value is -1.10. The largest absolute Gasteiger partial charge is 0.481 e. The molecular formula is C16H27NO4. The van der Waals surface area contributed by atoms with Crippen LogP contribution in [0.1, 0.15) is 52.4 Å². The van der Waals surface area contributed by atoms with Crippen LogP contribution >= 0.6 is 0 Å². The fraction of sp³-hybridized carbons (Fsp3) is 0.875. The quantitative estimate of drug-likeness (QED) is 0.864. The molecule has 120 valence electrons. The standard InChI is InChI=1S/C16H27NO4/c1-16(2)5-3-12(4-6-16)9-14(18)17-7-8-21-11-13(17)10-15(19)20/h12-13H,3-11H2,1-2H3,(H,19,20). The van der Waals surface area contributed by atoms with Crippen LogP contribution in [-0.2, 0) is 14.3 Å². The Kier molecular flexibility index (Phi) is 5.25. The molecule has 0 spiro atoms. The minimum absolute atomic E-state index is 0.0244. The summed E-state index contributed by atoms with van der Waals surface area (Å²) in [5.41, 5.74) is 0.407. The first-order valence-electron chi connectivity index (χ1n) is 7.96. The Morgan fingerprint density at radius 2 is 1.90 bits per heavy atom. The molecule has 1 saturated heterocycles. The molecule has 1 N–H and O–H groups in total. The minimum Gasteiger partial charge on any atom is -0.481 e. The van der Waals surface area contributed by atoms with Crippen molar-refractivity contribution in [2.45, 2.75) is 58.4 Å². The summed E-state index contributed by atoms with van der Waals surface area (Å²) in [4.78, 5) is 25.1. The lowest BCUT2D eigenvalue weighted by atomic mass is 9.72. The van der Waals surface area contributed by atoms with Crippen LogP contribution in [0.15, 0.2) is 0 Å². The molecule has 1 heterocycles. The van der Waals surface area contributed by atoms with E-state index in [-0.39, 0.29) is 18.4 Å². The molecule has 0 aromatic carbocycles. The van der Waals surface area contributed by atoms with Gasteiger partial charge < -0.3 is 14.7 Å². The first-order valence-corrected chi connectivity index (χ1v) is 7.96. The van der Waals surface area contributed by atoms with Gasteiger partial charge >= 0.3 is 5.97 Å². The molecule has 0 aromatic rings. The SMILES string of the molecule is CC1(C)CCC(CC(=O)N2CCOCC2CC(=O)O)CC1. The molecule has 1 saturated carbocycles. The highest BCUT2D eigenvalue weighted by atomic mass is 16.5. The average molecular weight is 297 g/mol. The van der Waals surface area contributed by atoms with Crippen molar-refractivity contribution in [3.8, 4) is 0 Å². The summed E-state index contributed by atoms with van der Waals surface area (Å²) in [7, 11) is 0. The summed E-state index contributed by atoms with van der Waals surface area (Å²) in [6.07, 6.45) is 5.09. The van der Waals surface area contributed by atoms with Gasteiger partial charge in [0.25, 0.3) is 0 Å².